The van der Waals surface area contributed by atoms with Gasteiger partial charge < -0.3 is 39.7 Å². The number of carbonyl (C=O) groups excluding carboxylic acids is 6. The van der Waals surface area contributed by atoms with Gasteiger partial charge in [0, 0.05) is 78.9 Å². The number of nitrogens with one attached hydrogen (secondary N) is 1. The fourth-order valence-corrected chi connectivity index (χ4v) is 9.90. The number of methoxy groups -OCH3 is 2. The van der Waals surface area contributed by atoms with Gasteiger partial charge in [0.25, 0.3) is 0 Å². The summed E-state index contributed by atoms with van der Waals surface area (Å²) in [5.41, 5.74) is 0.825. The lowest BCUT2D eigenvalue weighted by atomic mass is 9.83. The second-order valence-electron chi connectivity index (χ2n) is 20.1. The van der Waals surface area contributed by atoms with Crippen molar-refractivity contribution in [3.05, 3.63) is 35.9 Å². The summed E-state index contributed by atoms with van der Waals surface area (Å²) >= 11 is 0. The van der Waals surface area contributed by atoms with Crippen molar-refractivity contribution < 1.29 is 58.0 Å². The summed E-state index contributed by atoms with van der Waals surface area (Å²) in [7, 11) is 6.30. The van der Waals surface area contributed by atoms with Crippen LogP contribution in [-0.2, 0) is 54.3 Å². The molecule has 1 saturated heterocycles. The highest BCUT2D eigenvalue weighted by Gasteiger charge is 2.44. The normalized spacial score (nSPS) is 17.8. The smallest absolute Gasteiger partial charge is 0.307 e. The number of hydrogen-bond acceptors (Lipinski definition) is 10. The van der Waals surface area contributed by atoms with E-state index in [1.165, 1.54) is 19.1 Å². The highest BCUT2D eigenvalue weighted by Crippen LogP contribution is 2.32. The van der Waals surface area contributed by atoms with E-state index in [2.05, 4.69) is 5.32 Å². The van der Waals surface area contributed by atoms with Gasteiger partial charge in [-0.2, -0.15) is 0 Å². The number of rotatable bonds is 33. The van der Waals surface area contributed by atoms with Crippen molar-refractivity contribution in [3.8, 4) is 0 Å². The molecular weight excluding hydrogens is 885 g/mol. The molecule has 1 aliphatic heterocycles. The van der Waals surface area contributed by atoms with Gasteiger partial charge in [-0.15, -0.1) is 0 Å². The number of aliphatic carboxylic acids is 2. The van der Waals surface area contributed by atoms with Crippen molar-refractivity contribution >= 4 is 47.1 Å². The topological polar surface area (TPSA) is 217 Å². The lowest BCUT2D eigenvalue weighted by molar-refractivity contribution is -0.150. The first-order chi connectivity index (χ1) is 32.5. The Bertz CT molecular complexity index is 1820. The van der Waals surface area contributed by atoms with E-state index in [1.54, 1.807) is 37.7 Å². The number of nitrogens with zero attached hydrogens (tertiary/aromatic N) is 3. The van der Waals surface area contributed by atoms with Gasteiger partial charge in [0.1, 0.15) is 5.78 Å². The Hall–Kier alpha value is -4.70. The molecule has 1 heterocycles. The number of ether oxygens (including phenoxy) is 2. The first-order valence-electron chi connectivity index (χ1n) is 25.2. The van der Waals surface area contributed by atoms with Crippen LogP contribution in [0.15, 0.2) is 30.3 Å². The minimum Gasteiger partial charge on any atom is -0.481 e. The van der Waals surface area contributed by atoms with Crippen LogP contribution in [0.3, 0.4) is 0 Å². The molecule has 0 saturated carbocycles. The summed E-state index contributed by atoms with van der Waals surface area (Å²) in [6.45, 7) is 15.7. The van der Waals surface area contributed by atoms with E-state index < -0.39 is 65.9 Å². The van der Waals surface area contributed by atoms with Gasteiger partial charge >= 0.3 is 11.9 Å². The molecule has 0 bridgehead atoms. The molecule has 4 amide bonds. The van der Waals surface area contributed by atoms with Gasteiger partial charge in [-0.25, -0.2) is 0 Å². The fraction of sp³-hybridized carbons (Fsp3) is 0.736. The number of carboxylic acids is 2. The number of unbranched alkanes of at least 4 members (excludes halogenated alkanes) is 1. The average molecular weight is 971 g/mol. The predicted molar refractivity (Wildman–Crippen MR) is 264 cm³/mol. The number of Topliss-reactive ketones (excluding diaryl/α,β-unsaturated/α-hetero) is 2. The van der Waals surface area contributed by atoms with Crippen LogP contribution in [0, 0.1) is 41.4 Å². The molecular formula is C53H86N4O12. The Morgan fingerprint density at radius 2 is 1.43 bits per heavy atom. The molecule has 69 heavy (non-hydrogen) atoms. The highest BCUT2D eigenvalue weighted by molar-refractivity contribution is 5.93. The van der Waals surface area contributed by atoms with Crippen LogP contribution in [0.1, 0.15) is 138 Å². The average Bonchev–Trinajstić information content (AvgIpc) is 3.79. The van der Waals surface area contributed by atoms with E-state index in [1.807, 2.05) is 71.9 Å². The number of amides is 4. The second kappa shape index (κ2) is 30.1. The summed E-state index contributed by atoms with van der Waals surface area (Å²) in [6, 6.07) is 7.40. The maximum Gasteiger partial charge on any atom is 0.307 e. The largest absolute Gasteiger partial charge is 0.481 e. The number of carboxylic acid groups (broad SMARTS) is 2. The van der Waals surface area contributed by atoms with Gasteiger partial charge in [-0.1, -0.05) is 98.6 Å². The molecule has 16 heteroatoms. The van der Waals surface area contributed by atoms with Crippen molar-refractivity contribution in [1.29, 1.82) is 0 Å². The van der Waals surface area contributed by atoms with Gasteiger partial charge in [-0.3, -0.25) is 38.4 Å². The van der Waals surface area contributed by atoms with E-state index in [-0.39, 0.29) is 97.9 Å². The quantitative estimate of drug-likeness (QED) is 0.0628. The van der Waals surface area contributed by atoms with Gasteiger partial charge in [0.05, 0.1) is 48.6 Å². The SMILES string of the molecule is CC[C@H](C)[C@@H]([C@@H](CC(=O)N1CCC[C@H]1[C@H](OC)[C@@H](C)C(=O)C[C@@H](Cc1ccccc1)C(=O)O)OC)N(C)C(=O)[C@@H](CC(=O)[C@H](C(C)C)N(C)C(=O)CCCC(=O)NCCCCC(C)C(=O)O)C(C)C. The Kier molecular flexibility index (Phi) is 26.4. The number of carbonyl (C=O) groups is 8. The zero-order valence-corrected chi connectivity index (χ0v) is 43.7. The maximum absolute atomic E-state index is 14.6. The van der Waals surface area contributed by atoms with Gasteiger partial charge in [-0.05, 0) is 61.8 Å². The van der Waals surface area contributed by atoms with E-state index in [0.29, 0.717) is 51.6 Å². The van der Waals surface area contributed by atoms with E-state index >= 15 is 0 Å². The van der Waals surface area contributed by atoms with Crippen molar-refractivity contribution in [2.45, 2.75) is 169 Å². The van der Waals surface area contributed by atoms with Gasteiger partial charge in [0.2, 0.25) is 23.6 Å². The third-order valence-electron chi connectivity index (χ3n) is 14.4. The number of likely N-dealkylation sites (N-methyl/N-ethyl adjacent to an activating group) is 2. The zero-order chi connectivity index (χ0) is 52.1. The Labute approximate surface area is 412 Å². The molecule has 0 aliphatic carbocycles. The highest BCUT2D eigenvalue weighted by atomic mass is 16.5. The predicted octanol–water partition coefficient (Wildman–Crippen LogP) is 6.70. The Morgan fingerprint density at radius 1 is 0.783 bits per heavy atom. The third-order valence-corrected chi connectivity index (χ3v) is 14.4. The van der Waals surface area contributed by atoms with Crippen LogP contribution in [-0.4, -0.2) is 144 Å². The van der Waals surface area contributed by atoms with Crippen LogP contribution >= 0.6 is 0 Å². The summed E-state index contributed by atoms with van der Waals surface area (Å²) in [6.07, 6.45) is 2.77. The first-order valence-corrected chi connectivity index (χ1v) is 25.2. The molecule has 0 radical (unpaired) electrons. The molecule has 0 aromatic heterocycles. The van der Waals surface area contributed by atoms with Crippen LogP contribution < -0.4 is 5.32 Å². The number of hydrogen-bond donors (Lipinski definition) is 3. The fourth-order valence-electron chi connectivity index (χ4n) is 9.90. The van der Waals surface area contributed by atoms with E-state index in [0.717, 1.165) is 5.56 Å². The molecule has 0 spiro atoms. The molecule has 3 N–H and O–H groups in total. The van der Waals surface area contributed by atoms with Crippen molar-refractivity contribution in [1.82, 2.24) is 20.0 Å². The van der Waals surface area contributed by atoms with E-state index in [4.69, 9.17) is 14.6 Å². The minimum absolute atomic E-state index is 0.0558. The lowest BCUT2D eigenvalue weighted by Gasteiger charge is -2.41. The van der Waals surface area contributed by atoms with Crippen molar-refractivity contribution in [3.63, 3.8) is 0 Å². The van der Waals surface area contributed by atoms with Crippen LogP contribution in [0.4, 0.5) is 0 Å². The number of likely N-dealkylation sites (tertiary alicyclic amines) is 1. The molecule has 1 unspecified atom stereocenters. The Balaban J connectivity index is 2.17. The second-order valence-corrected chi connectivity index (χ2v) is 20.1. The van der Waals surface area contributed by atoms with Gasteiger partial charge in [0.15, 0.2) is 5.78 Å². The molecule has 2 rings (SSSR count). The van der Waals surface area contributed by atoms with Crippen LogP contribution in [0.2, 0.25) is 0 Å². The lowest BCUT2D eigenvalue weighted by Crippen LogP contribution is -2.54. The molecule has 1 aliphatic rings. The standard InChI is InChI=1S/C53H86N4O12/c1-13-35(6)49(44(68-11)32-47(62)57-28-20-24-41(57)50(69-12)37(8)42(58)30-39(53(66)67)29-38-22-15-14-16-23-38)56(10)51(63)40(33(2)3)31-43(59)48(34(4)5)55(9)46(61)26-19-25-45(60)54-27-18-17-21-36(7)52(64)65/h14-16,22-23,33-37,39-41,44,48-50H,13,17-21,24-32H2,1-12H3,(H,54,60)(H,64,65)(H,66,67)/t35-,36?,37-,39+,40-,41-,44+,48-,49-,50+/m0/s1. The first kappa shape index (κ1) is 60.4. The minimum atomic E-state index is -1.05. The molecule has 1 aromatic rings. The number of ketones is 2. The van der Waals surface area contributed by atoms with Crippen molar-refractivity contribution in [2.24, 2.45) is 41.4 Å². The van der Waals surface area contributed by atoms with Crippen molar-refractivity contribution in [2.75, 3.05) is 41.4 Å². The Morgan fingerprint density at radius 3 is 1.99 bits per heavy atom. The maximum atomic E-state index is 14.6. The molecule has 1 aromatic carbocycles. The molecule has 1 fully saturated rings. The zero-order valence-electron chi connectivity index (χ0n) is 43.7. The van der Waals surface area contributed by atoms with Crippen LogP contribution in [0.5, 0.6) is 0 Å². The molecule has 16 nitrogen and oxygen atoms in total. The summed E-state index contributed by atoms with van der Waals surface area (Å²) in [5.74, 6) is -6.74. The monoisotopic (exact) mass is 971 g/mol. The summed E-state index contributed by atoms with van der Waals surface area (Å²) in [5, 5.41) is 21.9. The van der Waals surface area contributed by atoms with Crippen LogP contribution in [0.25, 0.3) is 0 Å². The number of benzene rings is 1. The third kappa shape index (κ3) is 18.5. The van der Waals surface area contributed by atoms with E-state index in [9.17, 15) is 43.5 Å². The summed E-state index contributed by atoms with van der Waals surface area (Å²) in [4.78, 5) is 111. The summed E-state index contributed by atoms with van der Waals surface area (Å²) < 4.78 is 12.0. The molecule has 10 atom stereocenters. The molecule has 390 valence electrons.